The van der Waals surface area contributed by atoms with Crippen molar-refractivity contribution in [3.63, 3.8) is 0 Å². The average Bonchev–Trinajstić information content (AvgIpc) is 0.912. The number of rotatable bonds is 84. The first-order valence-electron chi connectivity index (χ1n) is 44.0. The van der Waals surface area contributed by atoms with Crippen molar-refractivity contribution in [1.29, 1.82) is 0 Å². The van der Waals surface area contributed by atoms with Crippen molar-refractivity contribution >= 4 is 39.5 Å². The Labute approximate surface area is 638 Å². The molecule has 0 radical (unpaired) electrons. The largest absolute Gasteiger partial charge is 0.472 e. The molecule has 618 valence electrons. The van der Waals surface area contributed by atoms with Gasteiger partial charge in [-0.2, -0.15) is 0 Å². The van der Waals surface area contributed by atoms with E-state index in [4.69, 9.17) is 37.0 Å². The molecule has 0 aromatic rings. The van der Waals surface area contributed by atoms with Gasteiger partial charge in [0, 0.05) is 25.7 Å². The second-order valence-corrected chi connectivity index (χ2v) is 34.4. The molecule has 104 heavy (non-hydrogen) atoms. The van der Waals surface area contributed by atoms with Gasteiger partial charge in [-0.05, 0) is 37.5 Å². The number of hydrogen-bond acceptors (Lipinski definition) is 15. The van der Waals surface area contributed by atoms with Gasteiger partial charge in [0.1, 0.15) is 19.3 Å². The fourth-order valence-corrected chi connectivity index (χ4v) is 14.8. The van der Waals surface area contributed by atoms with Gasteiger partial charge < -0.3 is 33.8 Å². The third-order valence-corrected chi connectivity index (χ3v) is 21.9. The van der Waals surface area contributed by atoms with Crippen molar-refractivity contribution in [3.8, 4) is 0 Å². The maximum absolute atomic E-state index is 13.1. The number of aliphatic hydroxyl groups excluding tert-OH is 1. The number of esters is 4. The van der Waals surface area contributed by atoms with Crippen molar-refractivity contribution in [1.82, 2.24) is 0 Å². The molecule has 0 aromatic heterocycles. The van der Waals surface area contributed by atoms with Crippen LogP contribution >= 0.6 is 15.6 Å². The van der Waals surface area contributed by atoms with Crippen LogP contribution in [0.2, 0.25) is 0 Å². The number of aliphatic hydroxyl groups is 1. The van der Waals surface area contributed by atoms with Gasteiger partial charge in [0.25, 0.3) is 0 Å². The number of phosphoric acid groups is 2. The van der Waals surface area contributed by atoms with E-state index in [9.17, 15) is 43.2 Å². The number of ether oxygens (including phenoxy) is 4. The van der Waals surface area contributed by atoms with Crippen LogP contribution in [0, 0.1) is 11.8 Å². The maximum atomic E-state index is 13.1. The molecule has 0 saturated carbocycles. The van der Waals surface area contributed by atoms with Crippen molar-refractivity contribution < 1.29 is 80.2 Å². The number of phosphoric ester groups is 2. The van der Waals surface area contributed by atoms with Crippen LogP contribution in [0.4, 0.5) is 0 Å². The Morgan fingerprint density at radius 1 is 0.260 bits per heavy atom. The Hall–Kier alpha value is -1.94. The summed E-state index contributed by atoms with van der Waals surface area (Å²) in [7, 11) is -9.93. The van der Waals surface area contributed by atoms with Crippen LogP contribution in [0.15, 0.2) is 0 Å². The van der Waals surface area contributed by atoms with E-state index >= 15 is 0 Å². The molecule has 0 heterocycles. The van der Waals surface area contributed by atoms with Crippen LogP contribution in [0.3, 0.4) is 0 Å². The molecule has 0 aliphatic heterocycles. The highest BCUT2D eigenvalue weighted by atomic mass is 31.2. The molecule has 3 N–H and O–H groups in total. The molecular formula is C85H166O17P2. The van der Waals surface area contributed by atoms with Gasteiger partial charge in [0.2, 0.25) is 0 Å². The van der Waals surface area contributed by atoms with E-state index in [1.54, 1.807) is 0 Å². The van der Waals surface area contributed by atoms with E-state index in [0.29, 0.717) is 25.7 Å². The van der Waals surface area contributed by atoms with E-state index in [1.165, 1.54) is 270 Å². The number of unbranched alkanes of at least 4 members (excludes halogenated alkanes) is 54. The minimum Gasteiger partial charge on any atom is -0.462 e. The molecule has 0 rings (SSSR count). The molecule has 19 heteroatoms. The van der Waals surface area contributed by atoms with Gasteiger partial charge in [-0.1, -0.05) is 401 Å². The second-order valence-electron chi connectivity index (χ2n) is 31.5. The molecule has 0 amide bonds. The first-order valence-corrected chi connectivity index (χ1v) is 47.0. The predicted molar refractivity (Wildman–Crippen MR) is 428 cm³/mol. The molecule has 5 atom stereocenters. The van der Waals surface area contributed by atoms with Crippen molar-refractivity contribution in [2.45, 2.75) is 471 Å². The summed E-state index contributed by atoms with van der Waals surface area (Å²) >= 11 is 0. The topological polar surface area (TPSA) is 237 Å². The van der Waals surface area contributed by atoms with Gasteiger partial charge >= 0.3 is 39.5 Å². The Balaban J connectivity index is 5.25. The quantitative estimate of drug-likeness (QED) is 0.0222. The standard InChI is InChI=1S/C85H166O17P2/c1-7-9-11-13-15-17-19-20-21-22-23-26-32-38-44-50-56-62-68-83(88)96-74-81(102-84(89)69-63-57-51-45-39-33-27-24-25-30-36-41-47-53-59-65-77(3)4)76-100-104(93,94)98-72-79(86)71-97-103(91,92)99-75-80(73-95-82(87)67-61-55-49-43-35-18-16-14-12-10-8-2)101-85(90)70-64-58-52-46-40-34-29-28-31-37-42-48-54-60-66-78(5)6/h77-81,86H,7-76H2,1-6H3,(H,91,92)(H,93,94)/t79-,80+,81+/m0/s1. The smallest absolute Gasteiger partial charge is 0.462 e. The Morgan fingerprint density at radius 3 is 0.654 bits per heavy atom. The molecule has 17 nitrogen and oxygen atoms in total. The zero-order valence-electron chi connectivity index (χ0n) is 68.3. The van der Waals surface area contributed by atoms with E-state index in [2.05, 4.69) is 41.5 Å². The lowest BCUT2D eigenvalue weighted by molar-refractivity contribution is -0.161. The molecule has 0 fully saturated rings. The predicted octanol–water partition coefficient (Wildman–Crippen LogP) is 25.8. The highest BCUT2D eigenvalue weighted by molar-refractivity contribution is 7.47. The summed E-state index contributed by atoms with van der Waals surface area (Å²) in [6.45, 7) is 9.71. The van der Waals surface area contributed by atoms with E-state index in [1.807, 2.05) is 0 Å². The van der Waals surface area contributed by atoms with Gasteiger partial charge in [-0.25, -0.2) is 9.13 Å². The molecule has 2 unspecified atom stereocenters. The van der Waals surface area contributed by atoms with Crippen LogP contribution in [0.25, 0.3) is 0 Å². The summed E-state index contributed by atoms with van der Waals surface area (Å²) in [5.74, 6) is -0.503. The average molecular weight is 1520 g/mol. The Morgan fingerprint density at radius 2 is 0.442 bits per heavy atom. The lowest BCUT2D eigenvalue weighted by atomic mass is 10.0. The summed E-state index contributed by atoms with van der Waals surface area (Å²) in [6.07, 6.45) is 67.9. The monoisotopic (exact) mass is 1520 g/mol. The Bertz CT molecular complexity index is 1990. The van der Waals surface area contributed by atoms with Gasteiger partial charge in [0.05, 0.1) is 26.4 Å². The SMILES string of the molecule is CCCCCCCCCCCCCCCCCCCCC(=O)OC[C@H](COP(=O)(O)OC[C@@H](O)COP(=O)(O)OC[C@@H](COC(=O)CCCCCCCCCCCCC)OC(=O)CCCCCCCCCCCCCCCCC(C)C)OC(=O)CCCCCCCCCCCCCCCCCC(C)C. The highest BCUT2D eigenvalue weighted by Gasteiger charge is 2.30. The van der Waals surface area contributed by atoms with Crippen molar-refractivity contribution in [2.24, 2.45) is 11.8 Å². The third-order valence-electron chi connectivity index (χ3n) is 20.0. The summed E-state index contributed by atoms with van der Waals surface area (Å²) in [5.41, 5.74) is 0. The molecule has 0 aromatic carbocycles. The minimum absolute atomic E-state index is 0.108. The van der Waals surface area contributed by atoms with E-state index in [0.717, 1.165) is 102 Å². The third kappa shape index (κ3) is 78.2. The first kappa shape index (κ1) is 102. The number of carbonyl (C=O) groups excluding carboxylic acids is 4. The maximum Gasteiger partial charge on any atom is 0.472 e. The van der Waals surface area contributed by atoms with E-state index in [-0.39, 0.29) is 25.7 Å². The fraction of sp³-hybridized carbons (Fsp3) is 0.953. The van der Waals surface area contributed by atoms with Crippen molar-refractivity contribution in [3.05, 3.63) is 0 Å². The molecular weight excluding hydrogens is 1350 g/mol. The first-order chi connectivity index (χ1) is 50.4. The van der Waals surface area contributed by atoms with Crippen LogP contribution in [-0.4, -0.2) is 96.7 Å². The zero-order chi connectivity index (χ0) is 76.4. The summed E-state index contributed by atoms with van der Waals surface area (Å²) in [4.78, 5) is 73.2. The van der Waals surface area contributed by atoms with Crippen LogP contribution in [0.5, 0.6) is 0 Å². The molecule has 0 aliphatic rings. The van der Waals surface area contributed by atoms with E-state index < -0.39 is 97.5 Å². The molecule has 0 aliphatic carbocycles. The van der Waals surface area contributed by atoms with Crippen LogP contribution < -0.4 is 0 Å². The molecule has 0 bridgehead atoms. The van der Waals surface area contributed by atoms with Crippen LogP contribution in [-0.2, 0) is 65.4 Å². The minimum atomic E-state index is -4.96. The highest BCUT2D eigenvalue weighted by Crippen LogP contribution is 2.45. The molecule has 0 spiro atoms. The fourth-order valence-electron chi connectivity index (χ4n) is 13.2. The number of carbonyl (C=O) groups is 4. The summed E-state index contributed by atoms with van der Waals surface area (Å²) in [5, 5.41) is 10.7. The second kappa shape index (κ2) is 76.4. The summed E-state index contributed by atoms with van der Waals surface area (Å²) in [6, 6.07) is 0. The molecule has 0 saturated heterocycles. The zero-order valence-corrected chi connectivity index (χ0v) is 70.1. The van der Waals surface area contributed by atoms with Crippen molar-refractivity contribution in [2.75, 3.05) is 39.6 Å². The van der Waals surface area contributed by atoms with Gasteiger partial charge in [-0.3, -0.25) is 37.3 Å². The lowest BCUT2D eigenvalue weighted by Gasteiger charge is -2.21. The van der Waals surface area contributed by atoms with Gasteiger partial charge in [-0.15, -0.1) is 0 Å². The summed E-state index contributed by atoms with van der Waals surface area (Å²) < 4.78 is 68.9. The number of hydrogen-bond donors (Lipinski definition) is 3. The van der Waals surface area contributed by atoms with Gasteiger partial charge in [0.15, 0.2) is 12.2 Å². The lowest BCUT2D eigenvalue weighted by Crippen LogP contribution is -2.30. The normalized spacial score (nSPS) is 13.8. The van der Waals surface area contributed by atoms with Crippen LogP contribution in [0.1, 0.15) is 452 Å². The Kier molecular flexibility index (Phi) is 75.0.